The Morgan fingerprint density at radius 3 is 0.733 bits per heavy atom. The zero-order chi connectivity index (χ0) is 39.3. The molecule has 13 rings (SSSR count). The number of hydrogen-bond donors (Lipinski definition) is 2. The molecular formula is C44H34N8S8. The second kappa shape index (κ2) is 15.4. The van der Waals surface area contributed by atoms with E-state index >= 15 is 0 Å². The maximum absolute atomic E-state index is 5.45. The van der Waals surface area contributed by atoms with Crippen LogP contribution in [0.2, 0.25) is 0 Å². The molecule has 0 amide bonds. The topological polar surface area (TPSA) is 109 Å². The van der Waals surface area contributed by atoms with Crippen molar-refractivity contribution >= 4 is 138 Å². The van der Waals surface area contributed by atoms with Crippen molar-refractivity contribution in [1.29, 1.82) is 0 Å². The molecule has 0 unspecified atom stereocenters. The highest BCUT2D eigenvalue weighted by Gasteiger charge is 2.27. The number of aromatic amines is 2. The van der Waals surface area contributed by atoms with E-state index in [0.717, 1.165) is 112 Å². The summed E-state index contributed by atoms with van der Waals surface area (Å²) in [4.78, 5) is 50.2. The van der Waals surface area contributed by atoms with Gasteiger partial charge in [0.1, 0.15) is 22.6 Å². The van der Waals surface area contributed by atoms with E-state index in [1.165, 1.54) is 64.8 Å². The van der Waals surface area contributed by atoms with Crippen LogP contribution in [-0.2, 0) is 0 Å². The maximum Gasteiger partial charge on any atom is 0.164 e. The first-order valence-corrected chi connectivity index (χ1v) is 28.1. The van der Waals surface area contributed by atoms with Crippen molar-refractivity contribution in [1.82, 2.24) is 39.9 Å². The molecule has 16 heteroatoms. The van der Waals surface area contributed by atoms with E-state index in [0.29, 0.717) is 23.3 Å². The molecule has 6 aliphatic heterocycles. The normalized spacial score (nSPS) is 17.3. The van der Waals surface area contributed by atoms with Gasteiger partial charge in [0.2, 0.25) is 0 Å². The molecule has 7 aromatic rings. The fourth-order valence-electron chi connectivity index (χ4n) is 8.41. The molecule has 0 aliphatic carbocycles. The van der Waals surface area contributed by atoms with Crippen LogP contribution in [0.4, 0.5) is 0 Å². The van der Waals surface area contributed by atoms with Crippen LogP contribution in [0.1, 0.15) is 25.7 Å². The Morgan fingerprint density at radius 2 is 0.500 bits per heavy atom. The molecule has 0 radical (unpaired) electrons. The number of nitrogens with zero attached hydrogens (tertiary/aromatic N) is 6. The van der Waals surface area contributed by atoms with Gasteiger partial charge in [0.15, 0.2) is 23.3 Å². The number of hydrogen-bond acceptors (Lipinski definition) is 14. The first kappa shape index (κ1) is 37.6. The Balaban J connectivity index is 1.17. The number of thioether (sulfide) groups is 8. The van der Waals surface area contributed by atoms with Gasteiger partial charge in [-0.25, -0.2) is 29.9 Å². The second-order valence-corrected chi connectivity index (χ2v) is 24.3. The summed E-state index contributed by atoms with van der Waals surface area (Å²) in [5.41, 5.74) is 7.06. The first-order chi connectivity index (χ1) is 29.7. The SMILES string of the molecule is c1c2c(cc3c1-c1nc-3nc3[nH]c(nc4nc(nc5[nH]c(n1)c1cc6c(cc51)SCCCS6)-c1cc5c(cc1-4)SCCCS5)c1cc4c(cc31)SCCCS4)SCCCS2. The zero-order valence-corrected chi connectivity index (χ0v) is 38.6. The van der Waals surface area contributed by atoms with Crippen LogP contribution in [0.15, 0.2) is 87.7 Å². The first-order valence-electron chi connectivity index (χ1n) is 20.2. The van der Waals surface area contributed by atoms with Gasteiger partial charge in [-0.1, -0.05) is 0 Å². The van der Waals surface area contributed by atoms with Gasteiger partial charge in [0.25, 0.3) is 0 Å². The lowest BCUT2D eigenvalue weighted by Gasteiger charge is -2.08. The number of rotatable bonds is 0. The van der Waals surface area contributed by atoms with Gasteiger partial charge in [-0.05, 0) is 120 Å². The summed E-state index contributed by atoms with van der Waals surface area (Å²) >= 11 is 15.5. The van der Waals surface area contributed by atoms with Gasteiger partial charge in [-0.15, -0.1) is 94.1 Å². The monoisotopic (exact) mass is 930 g/mol. The van der Waals surface area contributed by atoms with Gasteiger partial charge in [0, 0.05) is 83.0 Å². The average molecular weight is 931 g/mol. The summed E-state index contributed by atoms with van der Waals surface area (Å²) < 4.78 is 0. The lowest BCUT2D eigenvalue weighted by atomic mass is 10.1. The standard InChI is InChI=1S/C44H34N8S8/c1-5-53-29-13-21-22(14-30(29)54-6-1)38-45-37(21)49-39-23-15-31-33(57-9-2-7-55-31)17-25(23)41(46-39)51-43-27-19-35-36(60-12-4-11-59-35)20-28(27)44(48-43)52-42-26-18-34-32(56-8-3-10-58-34)16-24(26)40(47-42)50-38/h13-20H,1-12H2,(H2,45,46,47,48,49,50,51,52). The second-order valence-electron chi connectivity index (χ2n) is 15.2. The van der Waals surface area contributed by atoms with Crippen molar-refractivity contribution in [3.05, 3.63) is 48.5 Å². The Morgan fingerprint density at radius 1 is 0.283 bits per heavy atom. The van der Waals surface area contributed by atoms with Crippen molar-refractivity contribution in [3.8, 4) is 45.6 Å². The molecule has 0 fully saturated rings. The summed E-state index contributed by atoms with van der Waals surface area (Å²) in [7, 11) is 0. The zero-order valence-electron chi connectivity index (χ0n) is 32.1. The van der Waals surface area contributed by atoms with Crippen molar-refractivity contribution in [2.45, 2.75) is 64.8 Å². The number of nitrogens with one attached hydrogen (secondary N) is 2. The van der Waals surface area contributed by atoms with Crippen LogP contribution in [0.25, 0.3) is 89.7 Å². The minimum absolute atomic E-state index is 0.665. The maximum atomic E-state index is 5.45. The largest absolute Gasteiger partial charge is 0.324 e. The van der Waals surface area contributed by atoms with Crippen LogP contribution < -0.4 is 0 Å². The lowest BCUT2D eigenvalue weighted by Crippen LogP contribution is -1.87. The fourth-order valence-corrected chi connectivity index (χ4v) is 17.8. The third kappa shape index (κ3) is 6.52. The molecule has 60 heavy (non-hydrogen) atoms. The Labute approximate surface area is 379 Å². The van der Waals surface area contributed by atoms with Gasteiger partial charge in [-0.2, -0.15) is 0 Å². The smallest absolute Gasteiger partial charge is 0.164 e. The molecule has 2 N–H and O–H groups in total. The quantitative estimate of drug-likeness (QED) is 0.151. The minimum atomic E-state index is 0.665. The fraction of sp³-hybridized carbons (Fsp3) is 0.273. The van der Waals surface area contributed by atoms with Gasteiger partial charge >= 0.3 is 0 Å². The Bertz CT molecular complexity index is 2760. The summed E-state index contributed by atoms with van der Waals surface area (Å²) in [6.45, 7) is 0. The third-order valence-electron chi connectivity index (χ3n) is 11.3. The van der Waals surface area contributed by atoms with E-state index in [1.54, 1.807) is 0 Å². The molecule has 0 saturated heterocycles. The average Bonchev–Trinajstić information content (AvgIpc) is 3.64. The highest BCUT2D eigenvalue weighted by Crippen LogP contribution is 2.48. The van der Waals surface area contributed by atoms with Crippen LogP contribution in [0.5, 0.6) is 0 Å². The number of aromatic nitrogens is 8. The lowest BCUT2D eigenvalue weighted by molar-refractivity contribution is 1.13. The molecule has 0 atom stereocenters. The van der Waals surface area contributed by atoms with Crippen LogP contribution >= 0.6 is 94.1 Å². The molecule has 4 aromatic carbocycles. The summed E-state index contributed by atoms with van der Waals surface area (Å²) in [5.74, 6) is 11.5. The molecule has 298 valence electrons. The highest BCUT2D eigenvalue weighted by molar-refractivity contribution is 8.04. The molecule has 3 aromatic heterocycles. The predicted molar refractivity (Wildman–Crippen MR) is 260 cm³/mol. The van der Waals surface area contributed by atoms with E-state index in [4.69, 9.17) is 29.9 Å². The summed E-state index contributed by atoms with van der Waals surface area (Å²) in [6, 6.07) is 18.5. The Hall–Kier alpha value is -2.96. The molecule has 0 saturated carbocycles. The van der Waals surface area contributed by atoms with Gasteiger partial charge < -0.3 is 9.97 Å². The third-order valence-corrected chi connectivity index (χ3v) is 21.0. The van der Waals surface area contributed by atoms with Crippen molar-refractivity contribution in [2.75, 3.05) is 46.0 Å². The molecule has 8 nitrogen and oxygen atoms in total. The predicted octanol–water partition coefficient (Wildman–Crippen LogP) is 13.2. The molecule has 9 heterocycles. The van der Waals surface area contributed by atoms with E-state index in [1.807, 2.05) is 94.1 Å². The van der Waals surface area contributed by atoms with E-state index in [-0.39, 0.29) is 0 Å². The van der Waals surface area contributed by atoms with Crippen LogP contribution in [-0.4, -0.2) is 85.9 Å². The van der Waals surface area contributed by atoms with Crippen molar-refractivity contribution in [3.63, 3.8) is 0 Å². The van der Waals surface area contributed by atoms with E-state index in [9.17, 15) is 0 Å². The van der Waals surface area contributed by atoms with Crippen molar-refractivity contribution < 1.29 is 0 Å². The molecule has 0 spiro atoms. The van der Waals surface area contributed by atoms with E-state index in [2.05, 4.69) is 58.5 Å². The van der Waals surface area contributed by atoms with Crippen LogP contribution in [0, 0.1) is 0 Å². The van der Waals surface area contributed by atoms with Crippen molar-refractivity contribution in [2.24, 2.45) is 0 Å². The van der Waals surface area contributed by atoms with Gasteiger partial charge in [-0.3, -0.25) is 0 Å². The molecule has 6 aliphatic rings. The highest BCUT2D eigenvalue weighted by atomic mass is 32.2. The number of benzene rings is 4. The van der Waals surface area contributed by atoms with Gasteiger partial charge in [0.05, 0.1) is 0 Å². The number of H-pyrrole nitrogens is 2. The summed E-state index contributed by atoms with van der Waals surface area (Å²) in [6.07, 6.45) is 4.72. The Kier molecular flexibility index (Phi) is 9.64. The number of fused-ring (bicyclic) bond motifs is 24. The minimum Gasteiger partial charge on any atom is -0.324 e. The molecule has 8 bridgehead atoms. The van der Waals surface area contributed by atoms with Crippen LogP contribution in [0.3, 0.4) is 0 Å². The summed E-state index contributed by atoms with van der Waals surface area (Å²) in [5, 5.41) is 4.16. The molecular weight excluding hydrogens is 897 g/mol. The van der Waals surface area contributed by atoms with E-state index < -0.39 is 0 Å².